The molecule has 0 fully saturated rings. The molecule has 0 aliphatic carbocycles. The summed E-state index contributed by atoms with van der Waals surface area (Å²) < 4.78 is 0. The summed E-state index contributed by atoms with van der Waals surface area (Å²) in [5, 5.41) is 16.2. The summed E-state index contributed by atoms with van der Waals surface area (Å²) in [7, 11) is 0. The van der Waals surface area contributed by atoms with Crippen molar-refractivity contribution >= 4 is 11.6 Å². The molecule has 3 N–H and O–H groups in total. The van der Waals surface area contributed by atoms with Crippen LogP contribution in [0.4, 0.5) is 0 Å². The van der Waals surface area contributed by atoms with E-state index in [1.807, 2.05) is 24.3 Å². The van der Waals surface area contributed by atoms with Gasteiger partial charge < -0.3 is 15.7 Å². The van der Waals surface area contributed by atoms with Gasteiger partial charge in [0.1, 0.15) is 0 Å². The average molecular weight is 243 g/mol. The van der Waals surface area contributed by atoms with Gasteiger partial charge in [0, 0.05) is 31.2 Å². The third-order valence-corrected chi connectivity index (χ3v) is 2.56. The van der Waals surface area contributed by atoms with Crippen LogP contribution in [0.5, 0.6) is 0 Å². The highest BCUT2D eigenvalue weighted by Crippen LogP contribution is 2.13. The van der Waals surface area contributed by atoms with E-state index < -0.39 is 0 Å². The fraction of sp³-hybridized carbons (Fsp3) is 0.500. The first kappa shape index (κ1) is 13.5. The summed E-state index contributed by atoms with van der Waals surface area (Å²) in [5.74, 6) is 0. The molecule has 0 aliphatic heterocycles. The van der Waals surface area contributed by atoms with Crippen LogP contribution >= 0.6 is 11.6 Å². The molecule has 0 saturated heterocycles. The van der Waals surface area contributed by atoms with Crippen LogP contribution in [0.25, 0.3) is 0 Å². The van der Waals surface area contributed by atoms with Crippen molar-refractivity contribution in [2.75, 3.05) is 19.6 Å². The minimum atomic E-state index is -0.288. The van der Waals surface area contributed by atoms with E-state index in [-0.39, 0.29) is 6.10 Å². The lowest BCUT2D eigenvalue weighted by atomic mass is 10.2. The molecule has 1 aromatic rings. The van der Waals surface area contributed by atoms with Crippen molar-refractivity contribution < 1.29 is 5.11 Å². The minimum Gasteiger partial charge on any atom is -0.392 e. The summed E-state index contributed by atoms with van der Waals surface area (Å²) in [6.07, 6.45) is -0.288. The van der Waals surface area contributed by atoms with E-state index in [0.29, 0.717) is 6.54 Å². The average Bonchev–Trinajstić information content (AvgIpc) is 2.25. The first-order valence-corrected chi connectivity index (χ1v) is 5.91. The van der Waals surface area contributed by atoms with Crippen molar-refractivity contribution in [1.82, 2.24) is 10.6 Å². The third kappa shape index (κ3) is 5.47. The van der Waals surface area contributed by atoms with Crippen LogP contribution in [0.3, 0.4) is 0 Å². The second kappa shape index (κ2) is 7.63. The van der Waals surface area contributed by atoms with Crippen LogP contribution < -0.4 is 10.6 Å². The SMILES string of the molecule is C[C@@H](O)CNCCNCc1ccccc1Cl. The van der Waals surface area contributed by atoms with E-state index in [0.717, 1.165) is 30.2 Å². The second-order valence-corrected chi connectivity index (χ2v) is 4.23. The summed E-state index contributed by atoms with van der Waals surface area (Å²) in [5.41, 5.74) is 1.11. The van der Waals surface area contributed by atoms with Crippen molar-refractivity contribution in [3.8, 4) is 0 Å². The Bertz CT molecular complexity index is 305. The Morgan fingerprint density at radius 2 is 1.94 bits per heavy atom. The maximum Gasteiger partial charge on any atom is 0.0636 e. The fourth-order valence-corrected chi connectivity index (χ4v) is 1.56. The number of hydrogen-bond acceptors (Lipinski definition) is 3. The lowest BCUT2D eigenvalue weighted by molar-refractivity contribution is 0.191. The minimum absolute atomic E-state index is 0.288. The van der Waals surface area contributed by atoms with Crippen LogP contribution in [0.2, 0.25) is 5.02 Å². The number of rotatable bonds is 7. The van der Waals surface area contributed by atoms with Crippen LogP contribution in [0, 0.1) is 0 Å². The molecule has 0 aromatic heterocycles. The van der Waals surface area contributed by atoms with Crippen LogP contribution in [-0.4, -0.2) is 30.8 Å². The molecule has 0 aliphatic rings. The largest absolute Gasteiger partial charge is 0.392 e. The monoisotopic (exact) mass is 242 g/mol. The van der Waals surface area contributed by atoms with Crippen molar-refractivity contribution in [1.29, 1.82) is 0 Å². The summed E-state index contributed by atoms with van der Waals surface area (Å²) >= 11 is 6.02. The molecule has 1 rings (SSSR count). The van der Waals surface area contributed by atoms with Gasteiger partial charge in [-0.25, -0.2) is 0 Å². The highest BCUT2D eigenvalue weighted by Gasteiger charge is 1.97. The Hall–Kier alpha value is -0.610. The summed E-state index contributed by atoms with van der Waals surface area (Å²) in [6.45, 7) is 4.88. The van der Waals surface area contributed by atoms with Gasteiger partial charge in [-0.2, -0.15) is 0 Å². The van der Waals surface area contributed by atoms with Gasteiger partial charge in [0.05, 0.1) is 6.10 Å². The molecule has 4 heteroatoms. The van der Waals surface area contributed by atoms with E-state index in [2.05, 4.69) is 10.6 Å². The van der Waals surface area contributed by atoms with Gasteiger partial charge in [-0.05, 0) is 18.6 Å². The number of nitrogens with one attached hydrogen (secondary N) is 2. The molecule has 0 saturated carbocycles. The Morgan fingerprint density at radius 3 is 2.62 bits per heavy atom. The van der Waals surface area contributed by atoms with Crippen molar-refractivity contribution in [2.45, 2.75) is 19.6 Å². The maximum absolute atomic E-state index is 9.02. The molecule has 0 bridgehead atoms. The van der Waals surface area contributed by atoms with Gasteiger partial charge in [0.25, 0.3) is 0 Å². The van der Waals surface area contributed by atoms with Gasteiger partial charge >= 0.3 is 0 Å². The summed E-state index contributed by atoms with van der Waals surface area (Å²) in [6, 6.07) is 7.81. The van der Waals surface area contributed by atoms with Crippen molar-refractivity contribution in [3.05, 3.63) is 34.9 Å². The molecule has 0 radical (unpaired) electrons. The van der Waals surface area contributed by atoms with Gasteiger partial charge in [-0.15, -0.1) is 0 Å². The molecule has 0 spiro atoms. The Morgan fingerprint density at radius 1 is 1.25 bits per heavy atom. The first-order chi connectivity index (χ1) is 7.70. The lowest BCUT2D eigenvalue weighted by Gasteiger charge is -2.08. The second-order valence-electron chi connectivity index (χ2n) is 3.82. The third-order valence-electron chi connectivity index (χ3n) is 2.19. The standard InChI is InChI=1S/C12H19ClN2O/c1-10(16)8-14-6-7-15-9-11-4-2-3-5-12(11)13/h2-5,10,14-16H,6-9H2,1H3/t10-/m1/s1. The quantitative estimate of drug-likeness (QED) is 0.634. The molecule has 90 valence electrons. The van der Waals surface area contributed by atoms with E-state index in [4.69, 9.17) is 16.7 Å². The first-order valence-electron chi connectivity index (χ1n) is 5.53. The Labute approximate surface area is 102 Å². The number of benzene rings is 1. The van der Waals surface area contributed by atoms with E-state index in [1.165, 1.54) is 0 Å². The molecule has 0 heterocycles. The smallest absolute Gasteiger partial charge is 0.0636 e. The Kier molecular flexibility index (Phi) is 6.42. The lowest BCUT2D eigenvalue weighted by Crippen LogP contribution is -2.31. The highest BCUT2D eigenvalue weighted by molar-refractivity contribution is 6.31. The molecule has 3 nitrogen and oxygen atoms in total. The number of aliphatic hydroxyl groups is 1. The number of hydrogen-bond donors (Lipinski definition) is 3. The van der Waals surface area contributed by atoms with Crippen molar-refractivity contribution in [3.63, 3.8) is 0 Å². The Balaban J connectivity index is 2.10. The molecule has 0 unspecified atom stereocenters. The van der Waals surface area contributed by atoms with Gasteiger partial charge in [-0.1, -0.05) is 29.8 Å². The molecule has 16 heavy (non-hydrogen) atoms. The number of halogens is 1. The zero-order valence-corrected chi connectivity index (χ0v) is 10.3. The zero-order chi connectivity index (χ0) is 11.8. The van der Waals surface area contributed by atoms with Crippen LogP contribution in [0.15, 0.2) is 24.3 Å². The molecular weight excluding hydrogens is 224 g/mol. The highest BCUT2D eigenvalue weighted by atomic mass is 35.5. The van der Waals surface area contributed by atoms with E-state index in [1.54, 1.807) is 6.92 Å². The molecular formula is C12H19ClN2O. The van der Waals surface area contributed by atoms with Crippen molar-refractivity contribution in [2.24, 2.45) is 0 Å². The topological polar surface area (TPSA) is 44.3 Å². The van der Waals surface area contributed by atoms with Gasteiger partial charge in [-0.3, -0.25) is 0 Å². The molecule has 1 aromatic carbocycles. The fourth-order valence-electron chi connectivity index (χ4n) is 1.35. The zero-order valence-electron chi connectivity index (χ0n) is 9.54. The molecule has 0 amide bonds. The van der Waals surface area contributed by atoms with Gasteiger partial charge in [0.15, 0.2) is 0 Å². The van der Waals surface area contributed by atoms with E-state index >= 15 is 0 Å². The van der Waals surface area contributed by atoms with Crippen LogP contribution in [-0.2, 0) is 6.54 Å². The maximum atomic E-state index is 9.02. The van der Waals surface area contributed by atoms with Crippen LogP contribution in [0.1, 0.15) is 12.5 Å². The van der Waals surface area contributed by atoms with Gasteiger partial charge in [0.2, 0.25) is 0 Å². The predicted octanol–water partition coefficient (Wildman–Crippen LogP) is 1.40. The molecule has 1 atom stereocenters. The van der Waals surface area contributed by atoms with E-state index in [9.17, 15) is 0 Å². The summed E-state index contributed by atoms with van der Waals surface area (Å²) in [4.78, 5) is 0. The number of aliphatic hydroxyl groups excluding tert-OH is 1. The predicted molar refractivity (Wildman–Crippen MR) is 67.7 cm³/mol. The normalized spacial score (nSPS) is 12.7.